The van der Waals surface area contributed by atoms with Crippen molar-refractivity contribution in [3.63, 3.8) is 0 Å². The van der Waals surface area contributed by atoms with E-state index in [9.17, 15) is 26.7 Å². The van der Waals surface area contributed by atoms with Crippen molar-refractivity contribution >= 4 is 63.5 Å². The lowest BCUT2D eigenvalue weighted by atomic mass is 10.2. The molecule has 0 unspecified atom stereocenters. The summed E-state index contributed by atoms with van der Waals surface area (Å²) in [6.07, 6.45) is 0. The van der Waals surface area contributed by atoms with Gasteiger partial charge < -0.3 is 19.9 Å². The van der Waals surface area contributed by atoms with E-state index in [0.29, 0.717) is 5.69 Å². The predicted octanol–water partition coefficient (Wildman–Crippen LogP) is 6.15. The van der Waals surface area contributed by atoms with Crippen molar-refractivity contribution in [3.8, 4) is 5.75 Å². The minimum Gasteiger partial charge on any atom is -0.494 e. The Morgan fingerprint density at radius 1 is 0.846 bits per heavy atom. The van der Waals surface area contributed by atoms with Gasteiger partial charge in [0.05, 0.1) is 17.2 Å². The fourth-order valence-corrected chi connectivity index (χ4v) is 4.89. The van der Waals surface area contributed by atoms with Crippen LogP contribution in [0.25, 0.3) is 0 Å². The van der Waals surface area contributed by atoms with Crippen molar-refractivity contribution in [1.29, 1.82) is 0 Å². The first-order chi connectivity index (χ1) is 18.5. The van der Waals surface area contributed by atoms with Crippen LogP contribution in [0.15, 0.2) is 36.4 Å². The van der Waals surface area contributed by atoms with E-state index < -0.39 is 40.7 Å². The van der Waals surface area contributed by atoms with Gasteiger partial charge in [-0.05, 0) is 48.6 Å². The van der Waals surface area contributed by atoms with Crippen LogP contribution in [-0.2, 0) is 0 Å². The van der Waals surface area contributed by atoms with E-state index in [0.717, 1.165) is 10.6 Å². The summed E-state index contributed by atoms with van der Waals surface area (Å²) >= 11 is 17.4. The van der Waals surface area contributed by atoms with Gasteiger partial charge in [0, 0.05) is 43.1 Å². The van der Waals surface area contributed by atoms with Crippen LogP contribution in [-0.4, -0.2) is 44.3 Å². The number of halogens is 7. The number of thiocarbonyl (C=S) groups is 1. The SMILES string of the molecule is COc1c(Cl)cc(C(=O)NC(=S)Nc2ccc(N3CCN(c4c(F)c(F)c(F)c(F)c4F)CC3)cc2)cc1Cl. The number of amides is 1. The van der Waals surface area contributed by atoms with Crippen LogP contribution < -0.4 is 25.2 Å². The number of rotatable bonds is 5. The van der Waals surface area contributed by atoms with Gasteiger partial charge in [0.25, 0.3) is 5.91 Å². The molecule has 1 heterocycles. The van der Waals surface area contributed by atoms with Crippen molar-refractivity contribution in [1.82, 2.24) is 5.32 Å². The second-order valence-electron chi connectivity index (χ2n) is 8.32. The fourth-order valence-electron chi connectivity index (χ4n) is 4.04. The number of methoxy groups -OCH3 is 1. The summed E-state index contributed by atoms with van der Waals surface area (Å²) < 4.78 is 73.9. The second-order valence-corrected chi connectivity index (χ2v) is 9.54. The van der Waals surface area contributed by atoms with Crippen molar-refractivity contribution in [3.05, 3.63) is 81.1 Å². The molecule has 0 spiro atoms. The predicted molar refractivity (Wildman–Crippen MR) is 144 cm³/mol. The molecule has 6 nitrogen and oxygen atoms in total. The van der Waals surface area contributed by atoms with Gasteiger partial charge in [0.15, 0.2) is 34.1 Å². The lowest BCUT2D eigenvalue weighted by molar-refractivity contribution is 0.0977. The number of piperazine rings is 1. The average Bonchev–Trinajstić information content (AvgIpc) is 2.91. The van der Waals surface area contributed by atoms with Gasteiger partial charge >= 0.3 is 0 Å². The third-order valence-electron chi connectivity index (χ3n) is 5.96. The molecule has 4 rings (SSSR count). The normalized spacial score (nSPS) is 13.3. The van der Waals surface area contributed by atoms with E-state index in [4.69, 9.17) is 40.2 Å². The van der Waals surface area contributed by atoms with E-state index >= 15 is 0 Å². The summed E-state index contributed by atoms with van der Waals surface area (Å²) in [5.74, 6) is -10.1. The van der Waals surface area contributed by atoms with Crippen LogP contribution in [0.1, 0.15) is 10.4 Å². The topological polar surface area (TPSA) is 56.8 Å². The first kappa shape index (κ1) is 28.7. The average molecular weight is 605 g/mol. The lowest BCUT2D eigenvalue weighted by Gasteiger charge is -2.37. The molecule has 1 aliphatic rings. The van der Waals surface area contributed by atoms with Crippen LogP contribution in [0.2, 0.25) is 10.0 Å². The fraction of sp³-hybridized carbons (Fsp3) is 0.200. The maximum Gasteiger partial charge on any atom is 0.257 e. The van der Waals surface area contributed by atoms with E-state index in [1.54, 1.807) is 24.3 Å². The Hall–Kier alpha value is -3.35. The molecule has 1 fully saturated rings. The van der Waals surface area contributed by atoms with Gasteiger partial charge in [-0.15, -0.1) is 0 Å². The van der Waals surface area contributed by atoms with E-state index in [2.05, 4.69) is 10.6 Å². The Morgan fingerprint density at radius 3 is 1.85 bits per heavy atom. The standard InChI is InChI=1S/C25H19Cl2F5N4O2S/c1-38-23-15(26)10-12(11-16(23)27)24(37)34-25(39)33-13-2-4-14(5-3-13)35-6-8-36(9-7-35)22-20(31)18(29)17(28)19(30)21(22)32/h2-5,10-11H,6-9H2,1H3,(H2,33,34,37,39). The highest BCUT2D eigenvalue weighted by Crippen LogP contribution is 2.34. The molecule has 206 valence electrons. The zero-order valence-electron chi connectivity index (χ0n) is 20.1. The van der Waals surface area contributed by atoms with Gasteiger partial charge in [-0.1, -0.05) is 23.2 Å². The number of nitrogens with zero attached hydrogens (tertiary/aromatic N) is 2. The van der Waals surface area contributed by atoms with Crippen molar-refractivity contribution in [2.24, 2.45) is 0 Å². The van der Waals surface area contributed by atoms with Gasteiger partial charge in [-0.2, -0.15) is 0 Å². The number of carbonyl (C=O) groups is 1. The highest BCUT2D eigenvalue weighted by atomic mass is 35.5. The highest BCUT2D eigenvalue weighted by molar-refractivity contribution is 7.80. The Bertz CT molecular complexity index is 1380. The number of hydrogen-bond donors (Lipinski definition) is 2. The molecule has 1 saturated heterocycles. The summed E-state index contributed by atoms with van der Waals surface area (Å²) in [4.78, 5) is 15.5. The van der Waals surface area contributed by atoms with Crippen molar-refractivity contribution < 1.29 is 31.5 Å². The van der Waals surface area contributed by atoms with Crippen LogP contribution in [0.4, 0.5) is 39.0 Å². The number of carbonyl (C=O) groups excluding carboxylic acids is 1. The lowest BCUT2D eigenvalue weighted by Crippen LogP contribution is -2.47. The number of hydrogen-bond acceptors (Lipinski definition) is 5. The maximum absolute atomic E-state index is 14.2. The molecule has 39 heavy (non-hydrogen) atoms. The van der Waals surface area contributed by atoms with Crippen molar-refractivity contribution in [2.75, 3.05) is 48.4 Å². The number of benzene rings is 3. The van der Waals surface area contributed by atoms with Gasteiger partial charge in [-0.25, -0.2) is 22.0 Å². The smallest absolute Gasteiger partial charge is 0.257 e. The quantitative estimate of drug-likeness (QED) is 0.158. The molecule has 14 heteroatoms. The molecule has 2 N–H and O–H groups in total. The Kier molecular flexibility index (Phi) is 8.67. The zero-order chi connectivity index (χ0) is 28.4. The second kappa shape index (κ2) is 11.8. The molecule has 0 atom stereocenters. The third kappa shape index (κ3) is 5.97. The molecule has 3 aromatic rings. The Labute approximate surface area is 235 Å². The van der Waals surface area contributed by atoms with Crippen LogP contribution in [0, 0.1) is 29.1 Å². The molecule has 0 saturated carbocycles. The minimum atomic E-state index is -2.19. The number of ether oxygens (including phenoxy) is 1. The molecule has 0 bridgehead atoms. The molecule has 0 radical (unpaired) electrons. The summed E-state index contributed by atoms with van der Waals surface area (Å²) in [6, 6.07) is 9.69. The summed E-state index contributed by atoms with van der Waals surface area (Å²) in [5.41, 5.74) is 0.570. The third-order valence-corrected chi connectivity index (χ3v) is 6.73. The highest BCUT2D eigenvalue weighted by Gasteiger charge is 2.30. The van der Waals surface area contributed by atoms with Crippen LogP contribution >= 0.6 is 35.4 Å². The first-order valence-corrected chi connectivity index (χ1v) is 12.4. The Balaban J connectivity index is 1.35. The summed E-state index contributed by atoms with van der Waals surface area (Å²) in [7, 11) is 1.40. The maximum atomic E-state index is 14.2. The van der Waals surface area contributed by atoms with Gasteiger partial charge in [-0.3, -0.25) is 10.1 Å². The van der Waals surface area contributed by atoms with E-state index in [1.165, 1.54) is 19.2 Å². The van der Waals surface area contributed by atoms with E-state index in [1.807, 2.05) is 4.90 Å². The van der Waals surface area contributed by atoms with Crippen LogP contribution in [0.5, 0.6) is 5.75 Å². The molecule has 0 aromatic heterocycles. The largest absolute Gasteiger partial charge is 0.494 e. The summed E-state index contributed by atoms with van der Waals surface area (Å²) in [6.45, 7) is 0.614. The van der Waals surface area contributed by atoms with E-state index in [-0.39, 0.29) is 52.6 Å². The first-order valence-electron chi connectivity index (χ1n) is 11.3. The molecule has 1 aliphatic heterocycles. The minimum absolute atomic E-state index is 0.0206. The monoisotopic (exact) mass is 604 g/mol. The molecule has 1 amide bonds. The number of anilines is 3. The summed E-state index contributed by atoms with van der Waals surface area (Å²) in [5, 5.41) is 5.75. The Morgan fingerprint density at radius 2 is 1.33 bits per heavy atom. The number of nitrogens with one attached hydrogen (secondary N) is 2. The van der Waals surface area contributed by atoms with Crippen molar-refractivity contribution in [2.45, 2.75) is 0 Å². The molecule has 3 aromatic carbocycles. The zero-order valence-corrected chi connectivity index (χ0v) is 22.4. The molecular weight excluding hydrogens is 586 g/mol. The van der Waals surface area contributed by atoms with Gasteiger partial charge in [0.2, 0.25) is 5.82 Å². The molecular formula is C25H19Cl2F5N4O2S. The van der Waals surface area contributed by atoms with Crippen LogP contribution in [0.3, 0.4) is 0 Å². The van der Waals surface area contributed by atoms with Gasteiger partial charge in [0.1, 0.15) is 5.69 Å². The molecule has 0 aliphatic carbocycles.